The van der Waals surface area contributed by atoms with Gasteiger partial charge in [-0.3, -0.25) is 4.79 Å². The van der Waals surface area contributed by atoms with Crippen molar-refractivity contribution in [2.24, 2.45) is 0 Å². The van der Waals surface area contributed by atoms with Crippen molar-refractivity contribution in [3.63, 3.8) is 0 Å². The Hall–Kier alpha value is -1.25. The summed E-state index contributed by atoms with van der Waals surface area (Å²) in [6.45, 7) is 2.37. The summed E-state index contributed by atoms with van der Waals surface area (Å²) in [5, 5.41) is 0. The molecule has 0 N–H and O–H groups in total. The number of benzene rings is 1. The molecule has 3 heteroatoms. The number of carbonyl (C=O) groups excluding carboxylic acids is 1. The molecule has 1 aliphatic heterocycles. The molecule has 0 saturated carbocycles. The zero-order chi connectivity index (χ0) is 9.42. The summed E-state index contributed by atoms with van der Waals surface area (Å²) in [7, 11) is 5.65. The molecule has 0 aliphatic carbocycles. The highest BCUT2D eigenvalue weighted by atomic mass is 16.2. The predicted octanol–water partition coefficient (Wildman–Crippen LogP) is 0.389. The summed E-state index contributed by atoms with van der Waals surface area (Å²) in [6.07, 6.45) is 0.917. The first-order valence-corrected chi connectivity index (χ1v) is 4.35. The monoisotopic (exact) mass is 171 g/mol. The zero-order valence-electron chi connectivity index (χ0n) is 7.58. The number of hydrogen-bond donors (Lipinski definition) is 0. The molecule has 1 aromatic rings. The number of carbonyl (C=O) groups is 1. The maximum atomic E-state index is 11.2. The molecule has 1 heterocycles. The number of hydrogen-bond acceptors (Lipinski definition) is 1. The van der Waals surface area contributed by atoms with Gasteiger partial charge in [-0.1, -0.05) is 17.6 Å². The SMILES string of the molecule is [B]c1ccc2c(c1)CCN2C(C)=O. The maximum absolute atomic E-state index is 11.2. The van der Waals surface area contributed by atoms with Crippen molar-refractivity contribution in [3.8, 4) is 0 Å². The molecule has 0 spiro atoms. The molecule has 13 heavy (non-hydrogen) atoms. The Morgan fingerprint density at radius 3 is 3.00 bits per heavy atom. The fourth-order valence-electron chi connectivity index (χ4n) is 1.75. The van der Waals surface area contributed by atoms with Crippen LogP contribution in [0, 0.1) is 0 Å². The number of amides is 1. The molecule has 64 valence electrons. The highest BCUT2D eigenvalue weighted by Gasteiger charge is 2.21. The Balaban J connectivity index is 2.44. The van der Waals surface area contributed by atoms with E-state index in [2.05, 4.69) is 0 Å². The summed E-state index contributed by atoms with van der Waals surface area (Å²) in [6, 6.07) is 5.69. The number of fused-ring (bicyclic) bond motifs is 1. The molecule has 0 saturated heterocycles. The van der Waals surface area contributed by atoms with Gasteiger partial charge in [0.05, 0.1) is 0 Å². The first-order valence-electron chi connectivity index (χ1n) is 4.35. The van der Waals surface area contributed by atoms with Crippen molar-refractivity contribution >= 4 is 24.9 Å². The van der Waals surface area contributed by atoms with Crippen LogP contribution in [-0.2, 0) is 11.2 Å². The van der Waals surface area contributed by atoms with E-state index in [1.807, 2.05) is 18.2 Å². The maximum Gasteiger partial charge on any atom is 0.223 e. The van der Waals surface area contributed by atoms with Gasteiger partial charge in [0, 0.05) is 19.2 Å². The fraction of sp³-hybridized carbons (Fsp3) is 0.300. The third kappa shape index (κ3) is 1.35. The van der Waals surface area contributed by atoms with E-state index in [-0.39, 0.29) is 5.91 Å². The molecule has 0 atom stereocenters. The van der Waals surface area contributed by atoms with Gasteiger partial charge in [-0.2, -0.15) is 0 Å². The molecule has 1 aromatic carbocycles. The molecule has 2 nitrogen and oxygen atoms in total. The van der Waals surface area contributed by atoms with E-state index >= 15 is 0 Å². The Labute approximate surface area is 79.0 Å². The van der Waals surface area contributed by atoms with Crippen LogP contribution in [-0.4, -0.2) is 20.3 Å². The van der Waals surface area contributed by atoms with Gasteiger partial charge in [0.15, 0.2) is 0 Å². The van der Waals surface area contributed by atoms with E-state index < -0.39 is 0 Å². The molecule has 0 fully saturated rings. The Morgan fingerprint density at radius 1 is 1.54 bits per heavy atom. The lowest BCUT2D eigenvalue weighted by Gasteiger charge is -2.14. The van der Waals surface area contributed by atoms with Crippen molar-refractivity contribution in [1.82, 2.24) is 0 Å². The lowest BCUT2D eigenvalue weighted by atomic mass is 9.93. The van der Waals surface area contributed by atoms with Crippen LogP contribution in [0.1, 0.15) is 12.5 Å². The molecule has 2 radical (unpaired) electrons. The molecular formula is C10H10BNO. The van der Waals surface area contributed by atoms with Gasteiger partial charge >= 0.3 is 0 Å². The van der Waals surface area contributed by atoms with Crippen molar-refractivity contribution < 1.29 is 4.79 Å². The highest BCUT2D eigenvalue weighted by molar-refractivity contribution is 6.32. The molecule has 2 rings (SSSR count). The second-order valence-electron chi connectivity index (χ2n) is 3.31. The molecule has 0 unspecified atom stereocenters. The Morgan fingerprint density at radius 2 is 2.31 bits per heavy atom. The van der Waals surface area contributed by atoms with E-state index in [0.29, 0.717) is 0 Å². The normalized spacial score (nSPS) is 14.4. The second-order valence-corrected chi connectivity index (χ2v) is 3.31. The van der Waals surface area contributed by atoms with Crippen LogP contribution < -0.4 is 10.4 Å². The van der Waals surface area contributed by atoms with Crippen molar-refractivity contribution in [2.45, 2.75) is 13.3 Å². The first kappa shape index (κ1) is 8.36. The summed E-state index contributed by atoms with van der Waals surface area (Å²) in [5.41, 5.74) is 2.96. The minimum Gasteiger partial charge on any atom is -0.312 e. The van der Waals surface area contributed by atoms with Gasteiger partial charge in [-0.25, -0.2) is 0 Å². The minimum atomic E-state index is 0.100. The third-order valence-electron chi connectivity index (χ3n) is 2.38. The van der Waals surface area contributed by atoms with Gasteiger partial charge < -0.3 is 4.90 Å². The van der Waals surface area contributed by atoms with Crippen LogP contribution >= 0.6 is 0 Å². The van der Waals surface area contributed by atoms with Crippen molar-refractivity contribution in [1.29, 1.82) is 0 Å². The average molecular weight is 171 g/mol. The van der Waals surface area contributed by atoms with Crippen LogP contribution in [0.4, 0.5) is 5.69 Å². The van der Waals surface area contributed by atoms with Gasteiger partial charge in [0.2, 0.25) is 5.91 Å². The van der Waals surface area contributed by atoms with Crippen LogP contribution in [0.3, 0.4) is 0 Å². The Kier molecular flexibility index (Phi) is 1.87. The number of nitrogens with zero attached hydrogens (tertiary/aromatic N) is 1. The number of rotatable bonds is 0. The van der Waals surface area contributed by atoms with Gasteiger partial charge in [-0.05, 0) is 18.1 Å². The lowest BCUT2D eigenvalue weighted by Crippen LogP contribution is -2.25. The van der Waals surface area contributed by atoms with Crippen LogP contribution in [0.25, 0.3) is 0 Å². The van der Waals surface area contributed by atoms with E-state index in [9.17, 15) is 4.79 Å². The van der Waals surface area contributed by atoms with Gasteiger partial charge in [0.25, 0.3) is 0 Å². The zero-order valence-corrected chi connectivity index (χ0v) is 7.58. The summed E-state index contributed by atoms with van der Waals surface area (Å²) < 4.78 is 0. The average Bonchev–Trinajstić information content (AvgIpc) is 2.46. The predicted molar refractivity (Wildman–Crippen MR) is 53.6 cm³/mol. The van der Waals surface area contributed by atoms with E-state index in [1.54, 1.807) is 11.8 Å². The highest BCUT2D eigenvalue weighted by Crippen LogP contribution is 2.26. The van der Waals surface area contributed by atoms with E-state index in [4.69, 9.17) is 7.85 Å². The third-order valence-corrected chi connectivity index (χ3v) is 2.38. The molecule has 1 amide bonds. The van der Waals surface area contributed by atoms with Gasteiger partial charge in [-0.15, -0.1) is 0 Å². The molecular weight excluding hydrogens is 161 g/mol. The molecule has 0 bridgehead atoms. The lowest BCUT2D eigenvalue weighted by molar-refractivity contribution is -0.116. The topological polar surface area (TPSA) is 20.3 Å². The van der Waals surface area contributed by atoms with Crippen molar-refractivity contribution in [3.05, 3.63) is 23.8 Å². The smallest absolute Gasteiger partial charge is 0.223 e. The van der Waals surface area contributed by atoms with Crippen LogP contribution in [0.5, 0.6) is 0 Å². The van der Waals surface area contributed by atoms with Crippen molar-refractivity contribution in [2.75, 3.05) is 11.4 Å². The standard InChI is InChI=1S/C10H10BNO/c1-7(13)12-5-4-8-6-9(11)2-3-10(8)12/h2-3,6H,4-5H2,1H3. The van der Waals surface area contributed by atoms with E-state index in [0.717, 1.165) is 24.1 Å². The minimum absolute atomic E-state index is 0.100. The second kappa shape index (κ2) is 2.91. The Bertz CT molecular complexity index is 362. The van der Waals surface area contributed by atoms with Gasteiger partial charge in [0.1, 0.15) is 7.85 Å². The fourth-order valence-corrected chi connectivity index (χ4v) is 1.75. The summed E-state index contributed by atoms with van der Waals surface area (Å²) in [5.74, 6) is 0.100. The molecule has 0 aromatic heterocycles. The van der Waals surface area contributed by atoms with Crippen LogP contribution in [0.2, 0.25) is 0 Å². The van der Waals surface area contributed by atoms with Crippen LogP contribution in [0.15, 0.2) is 18.2 Å². The summed E-state index contributed by atoms with van der Waals surface area (Å²) in [4.78, 5) is 13.0. The van der Waals surface area contributed by atoms with E-state index in [1.165, 1.54) is 5.56 Å². The quantitative estimate of drug-likeness (QED) is 0.517. The number of anilines is 1. The summed E-state index contributed by atoms with van der Waals surface area (Å²) >= 11 is 0. The first-order chi connectivity index (χ1) is 6.18. The molecule has 1 aliphatic rings. The largest absolute Gasteiger partial charge is 0.312 e.